The summed E-state index contributed by atoms with van der Waals surface area (Å²) in [6.07, 6.45) is 1.22. The molecule has 24 heavy (non-hydrogen) atoms. The molecular formula is C17H16N4O3. The number of anilines is 1. The smallest absolute Gasteiger partial charge is 0.407 e. The van der Waals surface area contributed by atoms with E-state index >= 15 is 0 Å². The maximum absolute atomic E-state index is 11.3. The van der Waals surface area contributed by atoms with Crippen LogP contribution in [-0.2, 0) is 4.74 Å². The number of rotatable bonds is 3. The van der Waals surface area contributed by atoms with Gasteiger partial charge in [0.1, 0.15) is 23.7 Å². The molecule has 4 rings (SSSR count). The number of carbonyl (C=O) groups excluding carboxylic acids is 1. The first kappa shape index (κ1) is 14.6. The summed E-state index contributed by atoms with van der Waals surface area (Å²) in [6.45, 7) is 3.62. The molecule has 0 saturated carbocycles. The van der Waals surface area contributed by atoms with Crippen LogP contribution in [0.25, 0.3) is 10.8 Å². The third kappa shape index (κ3) is 2.27. The minimum Gasteiger partial charge on any atom is -0.492 e. The summed E-state index contributed by atoms with van der Waals surface area (Å²) in [5.74, 6) is 1.37. The average molecular weight is 324 g/mol. The fourth-order valence-corrected chi connectivity index (χ4v) is 3.33. The van der Waals surface area contributed by atoms with Crippen molar-refractivity contribution < 1.29 is 14.3 Å². The number of ether oxygens (including phenoxy) is 2. The summed E-state index contributed by atoms with van der Waals surface area (Å²) in [5.41, 5.74) is 0.510. The van der Waals surface area contributed by atoms with Crippen LogP contribution in [0.2, 0.25) is 0 Å². The number of aromatic nitrogens is 1. The molecule has 2 unspecified atom stereocenters. The standard InChI is InChI=1S/C17H16N4O3/c1-2-23-14-6-12-10(5-11(14)7-18)3-4-19-16(12)21-8-13-15(9-21)24-17(22)20-13/h3-6,13,15H,2,8-9H2,1H3,(H,20,22). The van der Waals surface area contributed by atoms with Crippen LogP contribution in [0.3, 0.4) is 0 Å². The van der Waals surface area contributed by atoms with Crippen LogP contribution in [0.5, 0.6) is 5.75 Å². The molecule has 1 aromatic heterocycles. The van der Waals surface area contributed by atoms with Crippen LogP contribution in [0, 0.1) is 11.3 Å². The fraction of sp³-hybridized carbons (Fsp3) is 0.353. The van der Waals surface area contributed by atoms with Crippen LogP contribution in [-0.4, -0.2) is 42.9 Å². The quantitative estimate of drug-likeness (QED) is 0.926. The molecule has 2 fully saturated rings. The second kappa shape index (κ2) is 5.57. The molecule has 2 saturated heterocycles. The van der Waals surface area contributed by atoms with Gasteiger partial charge in [-0.15, -0.1) is 0 Å². The number of hydrogen-bond donors (Lipinski definition) is 1. The number of amides is 1. The Bertz CT molecular complexity index is 845. The van der Waals surface area contributed by atoms with Crippen molar-refractivity contribution in [3.63, 3.8) is 0 Å². The van der Waals surface area contributed by atoms with Gasteiger partial charge in [0.2, 0.25) is 0 Å². The van der Waals surface area contributed by atoms with Gasteiger partial charge in [-0.1, -0.05) is 0 Å². The van der Waals surface area contributed by atoms with Crippen molar-refractivity contribution in [3.8, 4) is 11.8 Å². The van der Waals surface area contributed by atoms with E-state index in [-0.39, 0.29) is 18.2 Å². The van der Waals surface area contributed by atoms with Gasteiger partial charge in [0.05, 0.1) is 24.8 Å². The van der Waals surface area contributed by atoms with Gasteiger partial charge in [-0.05, 0) is 30.5 Å². The Morgan fingerprint density at radius 1 is 1.50 bits per heavy atom. The van der Waals surface area contributed by atoms with Crippen molar-refractivity contribution in [2.75, 3.05) is 24.6 Å². The van der Waals surface area contributed by atoms with Crippen LogP contribution < -0.4 is 15.0 Å². The van der Waals surface area contributed by atoms with Crippen molar-refractivity contribution in [1.29, 1.82) is 5.26 Å². The molecule has 0 aliphatic carbocycles. The van der Waals surface area contributed by atoms with E-state index in [4.69, 9.17) is 9.47 Å². The molecule has 1 aromatic carbocycles. The number of nitrogens with one attached hydrogen (secondary N) is 1. The Morgan fingerprint density at radius 2 is 2.38 bits per heavy atom. The molecular weight excluding hydrogens is 308 g/mol. The number of alkyl carbamates (subject to hydrolysis) is 1. The predicted octanol–water partition coefficient (Wildman–Crippen LogP) is 1.80. The lowest BCUT2D eigenvalue weighted by molar-refractivity contribution is 0.144. The first-order chi connectivity index (χ1) is 11.7. The Morgan fingerprint density at radius 3 is 3.12 bits per heavy atom. The molecule has 2 aromatic rings. The maximum Gasteiger partial charge on any atom is 0.407 e. The van der Waals surface area contributed by atoms with Gasteiger partial charge in [-0.3, -0.25) is 0 Å². The normalized spacial score (nSPS) is 22.0. The summed E-state index contributed by atoms with van der Waals surface area (Å²) in [4.78, 5) is 17.9. The molecule has 1 N–H and O–H groups in total. The van der Waals surface area contributed by atoms with Gasteiger partial charge in [-0.25, -0.2) is 9.78 Å². The highest BCUT2D eigenvalue weighted by Crippen LogP contribution is 2.33. The highest BCUT2D eigenvalue weighted by molar-refractivity contribution is 5.94. The zero-order valence-corrected chi connectivity index (χ0v) is 13.2. The van der Waals surface area contributed by atoms with Gasteiger partial charge < -0.3 is 19.7 Å². The van der Waals surface area contributed by atoms with E-state index in [1.165, 1.54) is 0 Å². The Kier molecular flexibility index (Phi) is 3.38. The van der Waals surface area contributed by atoms with Crippen LogP contribution in [0.4, 0.5) is 10.6 Å². The summed E-state index contributed by atoms with van der Waals surface area (Å²) in [6, 6.07) is 7.73. The van der Waals surface area contributed by atoms with E-state index in [0.29, 0.717) is 31.0 Å². The number of fused-ring (bicyclic) bond motifs is 2. The predicted molar refractivity (Wildman–Crippen MR) is 87.0 cm³/mol. The van der Waals surface area contributed by atoms with Gasteiger partial charge >= 0.3 is 6.09 Å². The third-order valence-electron chi connectivity index (χ3n) is 4.39. The molecule has 3 heterocycles. The largest absolute Gasteiger partial charge is 0.492 e. The summed E-state index contributed by atoms with van der Waals surface area (Å²) in [5, 5.41) is 14.0. The molecule has 1 amide bonds. The lowest BCUT2D eigenvalue weighted by Gasteiger charge is -2.20. The van der Waals surface area contributed by atoms with Crippen LogP contribution in [0.1, 0.15) is 12.5 Å². The van der Waals surface area contributed by atoms with E-state index in [1.54, 1.807) is 6.20 Å². The summed E-state index contributed by atoms with van der Waals surface area (Å²) >= 11 is 0. The van der Waals surface area contributed by atoms with E-state index < -0.39 is 0 Å². The number of nitrogens with zero attached hydrogens (tertiary/aromatic N) is 3. The van der Waals surface area contributed by atoms with Crippen molar-refractivity contribution in [2.24, 2.45) is 0 Å². The SMILES string of the molecule is CCOc1cc2c(N3CC4NC(=O)OC4C3)nccc2cc1C#N. The number of carbonyl (C=O) groups is 1. The minimum absolute atomic E-state index is 0.0145. The van der Waals surface area contributed by atoms with Gasteiger partial charge in [0, 0.05) is 18.1 Å². The molecule has 2 aliphatic heterocycles. The number of benzene rings is 1. The minimum atomic E-state index is -0.354. The number of pyridine rings is 1. The zero-order chi connectivity index (χ0) is 16.7. The van der Waals surface area contributed by atoms with Gasteiger partial charge in [0.25, 0.3) is 0 Å². The molecule has 0 spiro atoms. The van der Waals surface area contributed by atoms with Crippen molar-refractivity contribution >= 4 is 22.7 Å². The molecule has 122 valence electrons. The second-order valence-electron chi connectivity index (χ2n) is 5.85. The van der Waals surface area contributed by atoms with Gasteiger partial charge in [-0.2, -0.15) is 5.26 Å². The lowest BCUT2D eigenvalue weighted by atomic mass is 10.1. The Balaban J connectivity index is 1.75. The van der Waals surface area contributed by atoms with E-state index in [2.05, 4.69) is 21.3 Å². The van der Waals surface area contributed by atoms with E-state index in [0.717, 1.165) is 16.6 Å². The highest BCUT2D eigenvalue weighted by atomic mass is 16.6. The highest BCUT2D eigenvalue weighted by Gasteiger charge is 2.42. The average Bonchev–Trinajstić information content (AvgIpc) is 3.11. The first-order valence-corrected chi connectivity index (χ1v) is 7.87. The Hall–Kier alpha value is -3.01. The monoisotopic (exact) mass is 324 g/mol. The molecule has 7 nitrogen and oxygen atoms in total. The van der Waals surface area contributed by atoms with Gasteiger partial charge in [0.15, 0.2) is 0 Å². The van der Waals surface area contributed by atoms with Crippen molar-refractivity contribution in [3.05, 3.63) is 30.0 Å². The lowest BCUT2D eigenvalue weighted by Crippen LogP contribution is -2.32. The van der Waals surface area contributed by atoms with Crippen LogP contribution in [0.15, 0.2) is 24.4 Å². The van der Waals surface area contributed by atoms with Crippen molar-refractivity contribution in [1.82, 2.24) is 10.3 Å². The third-order valence-corrected chi connectivity index (χ3v) is 4.39. The first-order valence-electron chi connectivity index (χ1n) is 7.87. The second-order valence-corrected chi connectivity index (χ2v) is 5.85. The molecule has 7 heteroatoms. The molecule has 0 radical (unpaired) electrons. The molecule has 2 atom stereocenters. The van der Waals surface area contributed by atoms with E-state index in [9.17, 15) is 10.1 Å². The number of hydrogen-bond acceptors (Lipinski definition) is 6. The zero-order valence-electron chi connectivity index (χ0n) is 13.2. The molecule has 0 bridgehead atoms. The summed E-state index contributed by atoms with van der Waals surface area (Å²) < 4.78 is 10.9. The fourth-order valence-electron chi connectivity index (χ4n) is 3.33. The maximum atomic E-state index is 11.3. The topological polar surface area (TPSA) is 87.5 Å². The van der Waals surface area contributed by atoms with E-state index in [1.807, 2.05) is 25.1 Å². The Labute approximate surface area is 138 Å². The van der Waals surface area contributed by atoms with Crippen molar-refractivity contribution in [2.45, 2.75) is 19.1 Å². The molecule has 2 aliphatic rings. The van der Waals surface area contributed by atoms with Crippen LogP contribution >= 0.6 is 0 Å². The summed E-state index contributed by atoms with van der Waals surface area (Å²) in [7, 11) is 0. The number of nitriles is 1.